The summed E-state index contributed by atoms with van der Waals surface area (Å²) in [6, 6.07) is 15.7. The van der Waals surface area contributed by atoms with Gasteiger partial charge in [0.2, 0.25) is 0 Å². The molecule has 0 unspecified atom stereocenters. The van der Waals surface area contributed by atoms with E-state index < -0.39 is 0 Å². The van der Waals surface area contributed by atoms with Gasteiger partial charge in [-0.25, -0.2) is 9.67 Å². The van der Waals surface area contributed by atoms with E-state index in [-0.39, 0.29) is 0 Å². The quantitative estimate of drug-likeness (QED) is 0.737. The van der Waals surface area contributed by atoms with Crippen molar-refractivity contribution in [1.82, 2.24) is 14.8 Å². The molecule has 0 spiro atoms. The van der Waals surface area contributed by atoms with E-state index in [1.807, 2.05) is 55.6 Å². The summed E-state index contributed by atoms with van der Waals surface area (Å²) in [6.07, 6.45) is 0. The minimum absolute atomic E-state index is 0.699. The van der Waals surface area contributed by atoms with Gasteiger partial charge in [0.05, 0.1) is 7.11 Å². The highest BCUT2D eigenvalue weighted by Gasteiger charge is 2.11. The van der Waals surface area contributed by atoms with Crippen LogP contribution in [-0.4, -0.2) is 21.9 Å². The standard InChI is InChI=1S/C17H16N3O/c1-12-5-4-6-14(11-12)17-18-16(19-20(17)2)13-7-9-15(21-3)10-8-13/h4-11H,1H2,2-3H3. The highest BCUT2D eigenvalue weighted by atomic mass is 16.5. The molecule has 3 rings (SSSR count). The van der Waals surface area contributed by atoms with Crippen LogP contribution in [-0.2, 0) is 7.05 Å². The number of hydrogen-bond donors (Lipinski definition) is 0. The van der Waals surface area contributed by atoms with Crippen molar-refractivity contribution in [2.24, 2.45) is 7.05 Å². The Balaban J connectivity index is 2.00. The van der Waals surface area contributed by atoms with Crippen LogP contribution in [0.15, 0.2) is 48.5 Å². The Morgan fingerprint density at radius 1 is 1.05 bits per heavy atom. The molecule has 3 aromatic rings. The molecule has 105 valence electrons. The van der Waals surface area contributed by atoms with Crippen LogP contribution in [0.1, 0.15) is 5.56 Å². The summed E-state index contributed by atoms with van der Waals surface area (Å²) >= 11 is 0. The molecule has 0 saturated heterocycles. The maximum absolute atomic E-state index is 5.16. The normalized spacial score (nSPS) is 10.6. The van der Waals surface area contributed by atoms with E-state index in [1.54, 1.807) is 11.8 Å². The van der Waals surface area contributed by atoms with Crippen molar-refractivity contribution in [3.05, 3.63) is 61.0 Å². The van der Waals surface area contributed by atoms with Gasteiger partial charge in [-0.1, -0.05) is 18.2 Å². The van der Waals surface area contributed by atoms with Crippen LogP contribution in [0.5, 0.6) is 5.75 Å². The first-order valence-electron chi connectivity index (χ1n) is 6.65. The van der Waals surface area contributed by atoms with Crippen LogP contribution in [0.2, 0.25) is 0 Å². The zero-order valence-corrected chi connectivity index (χ0v) is 12.1. The largest absolute Gasteiger partial charge is 0.497 e. The van der Waals surface area contributed by atoms with E-state index in [1.165, 1.54) is 0 Å². The first-order chi connectivity index (χ1) is 10.2. The second-order valence-corrected chi connectivity index (χ2v) is 4.81. The zero-order valence-electron chi connectivity index (χ0n) is 12.1. The van der Waals surface area contributed by atoms with Gasteiger partial charge < -0.3 is 4.74 Å². The predicted octanol–water partition coefficient (Wildman–Crippen LogP) is 3.34. The van der Waals surface area contributed by atoms with E-state index in [0.29, 0.717) is 5.82 Å². The third-order valence-electron chi connectivity index (χ3n) is 3.30. The van der Waals surface area contributed by atoms with Gasteiger partial charge in [-0.2, -0.15) is 5.10 Å². The third-order valence-corrected chi connectivity index (χ3v) is 3.30. The molecule has 0 aliphatic rings. The van der Waals surface area contributed by atoms with Crippen LogP contribution in [0, 0.1) is 6.92 Å². The summed E-state index contributed by atoms with van der Waals surface area (Å²) in [4.78, 5) is 4.63. The van der Waals surface area contributed by atoms with Crippen molar-refractivity contribution in [3.8, 4) is 28.5 Å². The van der Waals surface area contributed by atoms with Gasteiger partial charge in [0, 0.05) is 18.2 Å². The SMILES string of the molecule is [CH2]c1cccc(-c2nc(-c3ccc(OC)cc3)nn2C)c1. The Morgan fingerprint density at radius 2 is 1.81 bits per heavy atom. The molecule has 0 saturated carbocycles. The summed E-state index contributed by atoms with van der Waals surface area (Å²) in [5.74, 6) is 2.34. The molecule has 0 bridgehead atoms. The molecule has 0 fully saturated rings. The molecule has 0 amide bonds. The second-order valence-electron chi connectivity index (χ2n) is 4.81. The molecule has 0 aliphatic carbocycles. The molecule has 1 radical (unpaired) electrons. The Labute approximate surface area is 124 Å². The lowest BCUT2D eigenvalue weighted by Gasteiger charge is -2.00. The first-order valence-corrected chi connectivity index (χ1v) is 6.65. The van der Waals surface area contributed by atoms with Gasteiger partial charge in [0.15, 0.2) is 11.6 Å². The summed E-state index contributed by atoms with van der Waals surface area (Å²) in [5, 5.41) is 4.49. The van der Waals surface area contributed by atoms with Crippen LogP contribution in [0.3, 0.4) is 0 Å². The number of benzene rings is 2. The minimum Gasteiger partial charge on any atom is -0.497 e. The maximum Gasteiger partial charge on any atom is 0.181 e. The van der Waals surface area contributed by atoms with Gasteiger partial charge in [0.25, 0.3) is 0 Å². The van der Waals surface area contributed by atoms with E-state index >= 15 is 0 Å². The fourth-order valence-corrected chi connectivity index (χ4v) is 2.21. The fraction of sp³-hybridized carbons (Fsp3) is 0.118. The summed E-state index contributed by atoms with van der Waals surface area (Å²) in [7, 11) is 3.54. The number of nitrogens with zero attached hydrogens (tertiary/aromatic N) is 3. The molecule has 1 heterocycles. The van der Waals surface area contributed by atoms with Crippen LogP contribution >= 0.6 is 0 Å². The lowest BCUT2D eigenvalue weighted by Crippen LogP contribution is -1.94. The van der Waals surface area contributed by atoms with Crippen LogP contribution in [0.25, 0.3) is 22.8 Å². The van der Waals surface area contributed by atoms with E-state index in [2.05, 4.69) is 17.0 Å². The van der Waals surface area contributed by atoms with Crippen molar-refractivity contribution >= 4 is 0 Å². The molecule has 4 heteroatoms. The van der Waals surface area contributed by atoms with Crippen LogP contribution < -0.4 is 4.74 Å². The average molecular weight is 278 g/mol. The van der Waals surface area contributed by atoms with Crippen molar-refractivity contribution in [1.29, 1.82) is 0 Å². The maximum atomic E-state index is 5.16. The average Bonchev–Trinajstić information content (AvgIpc) is 2.89. The highest BCUT2D eigenvalue weighted by molar-refractivity contribution is 5.62. The molecule has 0 N–H and O–H groups in total. The van der Waals surface area contributed by atoms with Gasteiger partial charge in [0.1, 0.15) is 5.75 Å². The number of hydrogen-bond acceptors (Lipinski definition) is 3. The number of aromatic nitrogens is 3. The molecule has 0 aliphatic heterocycles. The smallest absolute Gasteiger partial charge is 0.181 e. The third kappa shape index (κ3) is 2.65. The Kier molecular flexibility index (Phi) is 3.44. The summed E-state index contributed by atoms with van der Waals surface area (Å²) in [6.45, 7) is 3.95. The van der Waals surface area contributed by atoms with E-state index in [4.69, 9.17) is 4.74 Å². The van der Waals surface area contributed by atoms with Gasteiger partial charge in [-0.05, 0) is 42.8 Å². The van der Waals surface area contributed by atoms with E-state index in [0.717, 1.165) is 28.3 Å². The first kappa shape index (κ1) is 13.4. The highest BCUT2D eigenvalue weighted by Crippen LogP contribution is 2.23. The summed E-state index contributed by atoms with van der Waals surface area (Å²) < 4.78 is 6.95. The lowest BCUT2D eigenvalue weighted by molar-refractivity contribution is 0.415. The monoisotopic (exact) mass is 278 g/mol. The second kappa shape index (κ2) is 5.40. The molecular weight excluding hydrogens is 262 g/mol. The number of aryl methyl sites for hydroxylation is 1. The molecule has 2 aromatic carbocycles. The zero-order chi connectivity index (χ0) is 14.8. The Bertz CT molecular complexity index is 760. The van der Waals surface area contributed by atoms with Crippen molar-refractivity contribution in [2.45, 2.75) is 0 Å². The van der Waals surface area contributed by atoms with Gasteiger partial charge in [-0.3, -0.25) is 0 Å². The Hall–Kier alpha value is -2.62. The molecule has 4 nitrogen and oxygen atoms in total. The van der Waals surface area contributed by atoms with E-state index in [9.17, 15) is 0 Å². The molecular formula is C17H16N3O. The van der Waals surface area contributed by atoms with Crippen LogP contribution in [0.4, 0.5) is 0 Å². The Morgan fingerprint density at radius 3 is 2.48 bits per heavy atom. The molecule has 0 atom stereocenters. The number of rotatable bonds is 3. The molecule has 1 aromatic heterocycles. The number of methoxy groups -OCH3 is 1. The topological polar surface area (TPSA) is 39.9 Å². The van der Waals surface area contributed by atoms with Crippen molar-refractivity contribution in [3.63, 3.8) is 0 Å². The summed E-state index contributed by atoms with van der Waals surface area (Å²) in [5.41, 5.74) is 2.93. The van der Waals surface area contributed by atoms with Crippen molar-refractivity contribution < 1.29 is 4.74 Å². The van der Waals surface area contributed by atoms with Crippen molar-refractivity contribution in [2.75, 3.05) is 7.11 Å². The lowest BCUT2D eigenvalue weighted by atomic mass is 10.1. The predicted molar refractivity (Wildman–Crippen MR) is 82.9 cm³/mol. The van der Waals surface area contributed by atoms with Gasteiger partial charge in [-0.15, -0.1) is 0 Å². The molecule has 21 heavy (non-hydrogen) atoms. The number of ether oxygens (including phenoxy) is 1. The fourth-order valence-electron chi connectivity index (χ4n) is 2.21. The van der Waals surface area contributed by atoms with Gasteiger partial charge >= 0.3 is 0 Å². The minimum atomic E-state index is 0.699.